The number of sulfonamides is 1. The highest BCUT2D eigenvalue weighted by Gasteiger charge is 2.51. The number of nitrogens with zero attached hydrogens (tertiary/aromatic N) is 1. The molecule has 0 amide bonds. The third kappa shape index (κ3) is 7.61. The molecule has 0 radical (unpaired) electrons. The van der Waals surface area contributed by atoms with Crippen LogP contribution in [0.5, 0.6) is 0 Å². The Morgan fingerprint density at radius 1 is 0.820 bits per heavy atom. The highest BCUT2D eigenvalue weighted by atomic mass is 32.2. The monoisotopic (exact) mass is 694 g/mol. The molecule has 4 aromatic carbocycles. The van der Waals surface area contributed by atoms with Gasteiger partial charge in [0.2, 0.25) is 10.0 Å². The van der Waals surface area contributed by atoms with Crippen molar-refractivity contribution < 1.29 is 23.0 Å². The Hall–Kier alpha value is -3.37. The number of aliphatic hydroxyl groups is 1. The summed E-state index contributed by atoms with van der Waals surface area (Å²) in [4.78, 5) is 2.94. The number of rotatable bonds is 10. The molecular weight excluding hydrogens is 645 g/mol. The predicted molar refractivity (Wildman–Crippen MR) is 196 cm³/mol. The summed E-state index contributed by atoms with van der Waals surface area (Å²) in [6.07, 6.45) is 2.95. The largest absolute Gasteiger partial charge is 0.392 e. The SMILES string of the molecule is CC1C(CN2CC3(C)CC2CC(C)(C)C3)OC(c2cccc(-c3cccc(CNS(=O)(=O)c4ccccc4)c3)c2)OC1c1ccc(CO)cc1. The van der Waals surface area contributed by atoms with E-state index >= 15 is 0 Å². The molecule has 3 fully saturated rings. The lowest BCUT2D eigenvalue weighted by Gasteiger charge is -2.43. The van der Waals surface area contributed by atoms with Gasteiger partial charge in [-0.3, -0.25) is 4.90 Å². The van der Waals surface area contributed by atoms with Gasteiger partial charge >= 0.3 is 0 Å². The minimum absolute atomic E-state index is 0.00801. The summed E-state index contributed by atoms with van der Waals surface area (Å²) in [5.41, 5.74) is 6.45. The summed E-state index contributed by atoms with van der Waals surface area (Å²) < 4.78 is 42.2. The average molecular weight is 695 g/mol. The lowest BCUT2D eigenvalue weighted by molar-refractivity contribution is -0.276. The standard InChI is InChI=1S/C42H50N2O5S/c1-29-38(25-44-28-42(4)23-36(44)22-41(2,3)27-42)48-40(49-39(29)32-18-16-30(26-45)17-19-32)35-13-9-12-34(21-35)33-11-8-10-31(20-33)24-43-50(46,47)37-14-6-5-7-15-37/h5-21,29,36,38-40,43,45H,22-28H2,1-4H3. The summed E-state index contributed by atoms with van der Waals surface area (Å²) in [5.74, 6) is 0.118. The number of likely N-dealkylation sites (tertiary alicyclic amines) is 1. The topological polar surface area (TPSA) is 88.1 Å². The van der Waals surface area contributed by atoms with Crippen LogP contribution in [0.3, 0.4) is 0 Å². The fourth-order valence-corrected chi connectivity index (χ4v) is 9.98. The highest BCUT2D eigenvalue weighted by Crippen LogP contribution is 2.53. The fraction of sp³-hybridized carbons (Fsp3) is 0.429. The molecule has 7 nitrogen and oxygen atoms in total. The molecule has 2 aliphatic heterocycles. The van der Waals surface area contributed by atoms with Crippen LogP contribution < -0.4 is 4.72 Å². The maximum atomic E-state index is 12.8. The van der Waals surface area contributed by atoms with E-state index in [0.717, 1.165) is 46.5 Å². The smallest absolute Gasteiger partial charge is 0.240 e. The molecule has 0 aromatic heterocycles. The van der Waals surface area contributed by atoms with E-state index in [0.29, 0.717) is 16.9 Å². The van der Waals surface area contributed by atoms with Crippen LogP contribution in [0.15, 0.2) is 108 Å². The van der Waals surface area contributed by atoms with Crippen molar-refractivity contribution in [3.8, 4) is 11.1 Å². The Labute approximate surface area is 297 Å². The van der Waals surface area contributed by atoms with Gasteiger partial charge in [0.15, 0.2) is 6.29 Å². The maximum Gasteiger partial charge on any atom is 0.240 e. The number of benzene rings is 4. The molecule has 8 heteroatoms. The van der Waals surface area contributed by atoms with E-state index in [2.05, 4.69) is 67.6 Å². The highest BCUT2D eigenvalue weighted by molar-refractivity contribution is 7.89. The first kappa shape index (κ1) is 35.1. The third-order valence-corrected chi connectivity index (χ3v) is 12.4. The quantitative estimate of drug-likeness (QED) is 0.175. The normalized spacial score (nSPS) is 28.1. The third-order valence-electron chi connectivity index (χ3n) is 11.0. The van der Waals surface area contributed by atoms with Crippen molar-refractivity contribution in [3.05, 3.63) is 125 Å². The van der Waals surface area contributed by atoms with E-state index in [-0.39, 0.29) is 36.2 Å². The molecule has 264 valence electrons. The van der Waals surface area contributed by atoms with Crippen molar-refractivity contribution in [2.24, 2.45) is 16.7 Å². The van der Waals surface area contributed by atoms with Crippen molar-refractivity contribution in [2.75, 3.05) is 13.1 Å². The van der Waals surface area contributed by atoms with Crippen LogP contribution in [0.2, 0.25) is 0 Å². The molecule has 7 rings (SSSR count). The first-order valence-corrected chi connectivity index (χ1v) is 19.4. The van der Waals surface area contributed by atoms with Gasteiger partial charge in [0.1, 0.15) is 0 Å². The average Bonchev–Trinajstić information content (AvgIpc) is 3.35. The van der Waals surface area contributed by atoms with Gasteiger partial charge in [-0.2, -0.15) is 0 Å². The zero-order valence-corrected chi connectivity index (χ0v) is 30.4. The van der Waals surface area contributed by atoms with E-state index < -0.39 is 16.3 Å². The fourth-order valence-electron chi connectivity index (χ4n) is 8.94. The van der Waals surface area contributed by atoms with Crippen LogP contribution in [0.25, 0.3) is 11.1 Å². The molecular formula is C42H50N2O5S. The van der Waals surface area contributed by atoms with Gasteiger partial charge in [-0.1, -0.05) is 107 Å². The van der Waals surface area contributed by atoms with Gasteiger partial charge in [0, 0.05) is 37.2 Å². The van der Waals surface area contributed by atoms with Crippen LogP contribution in [0.1, 0.15) is 81.6 Å². The lowest BCUT2D eigenvalue weighted by Crippen LogP contribution is -2.46. The second-order valence-corrected chi connectivity index (χ2v) is 17.7. The Morgan fingerprint density at radius 2 is 1.54 bits per heavy atom. The molecule has 0 spiro atoms. The van der Waals surface area contributed by atoms with Crippen molar-refractivity contribution >= 4 is 10.0 Å². The number of hydrogen-bond acceptors (Lipinski definition) is 6. The van der Waals surface area contributed by atoms with Gasteiger partial charge in [0.05, 0.1) is 23.7 Å². The molecule has 3 aliphatic rings. The number of nitrogens with one attached hydrogen (secondary N) is 1. The second kappa shape index (κ2) is 14.0. The van der Waals surface area contributed by atoms with Crippen molar-refractivity contribution in [1.29, 1.82) is 0 Å². The minimum Gasteiger partial charge on any atom is -0.392 e. The Morgan fingerprint density at radius 3 is 2.28 bits per heavy atom. The van der Waals surface area contributed by atoms with Crippen LogP contribution in [0, 0.1) is 16.7 Å². The maximum absolute atomic E-state index is 12.8. The Bertz CT molecular complexity index is 1900. The van der Waals surface area contributed by atoms with E-state index in [4.69, 9.17) is 9.47 Å². The first-order valence-electron chi connectivity index (χ1n) is 17.9. The van der Waals surface area contributed by atoms with Gasteiger partial charge in [-0.25, -0.2) is 13.1 Å². The molecule has 6 atom stereocenters. The Kier molecular flexibility index (Phi) is 9.80. The van der Waals surface area contributed by atoms with Crippen molar-refractivity contribution in [1.82, 2.24) is 9.62 Å². The van der Waals surface area contributed by atoms with Crippen LogP contribution >= 0.6 is 0 Å². The molecule has 50 heavy (non-hydrogen) atoms. The van der Waals surface area contributed by atoms with Crippen LogP contribution in [0.4, 0.5) is 0 Å². The van der Waals surface area contributed by atoms with Crippen LogP contribution in [-0.2, 0) is 32.6 Å². The van der Waals surface area contributed by atoms with E-state index in [9.17, 15) is 13.5 Å². The number of aliphatic hydroxyl groups excluding tert-OH is 1. The van der Waals surface area contributed by atoms with E-state index in [1.54, 1.807) is 30.3 Å². The summed E-state index contributed by atoms with van der Waals surface area (Å²) in [7, 11) is -3.62. The predicted octanol–water partition coefficient (Wildman–Crippen LogP) is 8.02. The molecule has 1 aliphatic carbocycles. The molecule has 2 bridgehead atoms. The minimum atomic E-state index is -3.62. The van der Waals surface area contributed by atoms with E-state index in [1.807, 2.05) is 42.5 Å². The summed E-state index contributed by atoms with van der Waals surface area (Å²) in [5, 5.41) is 9.68. The zero-order valence-electron chi connectivity index (χ0n) is 29.6. The Balaban J connectivity index is 1.13. The molecule has 2 N–H and O–H groups in total. The molecule has 2 saturated heterocycles. The number of ether oxygens (including phenoxy) is 2. The first-order chi connectivity index (χ1) is 23.9. The van der Waals surface area contributed by atoms with Gasteiger partial charge in [-0.05, 0) is 82.2 Å². The summed E-state index contributed by atoms with van der Waals surface area (Å²) in [6, 6.07) is 33.4. The molecule has 6 unspecified atom stereocenters. The second-order valence-electron chi connectivity index (χ2n) is 15.9. The van der Waals surface area contributed by atoms with Gasteiger partial charge in [0.25, 0.3) is 0 Å². The number of fused-ring (bicyclic) bond motifs is 2. The summed E-state index contributed by atoms with van der Waals surface area (Å²) >= 11 is 0. The van der Waals surface area contributed by atoms with Crippen molar-refractivity contribution in [3.63, 3.8) is 0 Å². The van der Waals surface area contributed by atoms with Gasteiger partial charge < -0.3 is 14.6 Å². The molecule has 2 heterocycles. The molecule has 1 saturated carbocycles. The zero-order chi connectivity index (χ0) is 35.1. The van der Waals surface area contributed by atoms with Gasteiger partial charge in [-0.15, -0.1) is 0 Å². The molecule has 4 aromatic rings. The lowest BCUT2D eigenvalue weighted by atomic mass is 9.65. The van der Waals surface area contributed by atoms with Crippen molar-refractivity contribution in [2.45, 2.75) is 89.5 Å². The summed E-state index contributed by atoms with van der Waals surface area (Å²) in [6.45, 7) is 11.7. The van der Waals surface area contributed by atoms with E-state index in [1.165, 1.54) is 19.3 Å². The number of hydrogen-bond donors (Lipinski definition) is 2. The van der Waals surface area contributed by atoms with Crippen LogP contribution in [-0.4, -0.2) is 43.7 Å².